The highest BCUT2D eigenvalue weighted by Crippen LogP contribution is 2.37. The van der Waals surface area contributed by atoms with Gasteiger partial charge in [0.1, 0.15) is 4.90 Å². The molecular weight excluding hydrogens is 492 g/mol. The van der Waals surface area contributed by atoms with Crippen LogP contribution in [0.4, 0.5) is 5.69 Å². The van der Waals surface area contributed by atoms with Crippen LogP contribution in [0.2, 0.25) is 5.02 Å². The second-order valence-electron chi connectivity index (χ2n) is 7.17. The average Bonchev–Trinajstić information content (AvgIpc) is 2.84. The molecule has 0 saturated carbocycles. The zero-order chi connectivity index (χ0) is 25.6. The van der Waals surface area contributed by atoms with Crippen molar-refractivity contribution in [3.8, 4) is 17.6 Å². The minimum absolute atomic E-state index is 0.00616. The molecule has 0 fully saturated rings. The fraction of sp³-hybridized carbons (Fsp3) is 0.0800. The third-order valence-electron chi connectivity index (χ3n) is 4.85. The Kier molecular flexibility index (Phi) is 7.91. The Balaban J connectivity index is 2.06. The molecule has 3 aromatic rings. The van der Waals surface area contributed by atoms with Gasteiger partial charge < -0.3 is 8.92 Å². The maximum Gasteiger partial charge on any atom is 0.339 e. The standard InChI is InChI=1S/C25H19ClN2O6S/c1-3-4-19-13-17(14-20(16-27)18-5-9-22(10-6-18)28(29)30)15-24(33-2)25(19)34-35(31,32)23-11-7-21(26)8-12-23/h3,5-15H,1,4H2,2H3/b20-14+. The van der Waals surface area contributed by atoms with Gasteiger partial charge in [0.05, 0.1) is 23.7 Å². The van der Waals surface area contributed by atoms with Gasteiger partial charge in [0.15, 0.2) is 11.5 Å². The maximum atomic E-state index is 12.9. The van der Waals surface area contributed by atoms with Crippen molar-refractivity contribution in [1.29, 1.82) is 5.26 Å². The van der Waals surface area contributed by atoms with Gasteiger partial charge in [0, 0.05) is 22.7 Å². The summed E-state index contributed by atoms with van der Waals surface area (Å²) in [6.07, 6.45) is 3.39. The molecule has 0 atom stereocenters. The van der Waals surface area contributed by atoms with Crippen LogP contribution >= 0.6 is 11.6 Å². The molecule has 178 valence electrons. The van der Waals surface area contributed by atoms with Gasteiger partial charge in [-0.25, -0.2) is 0 Å². The zero-order valence-electron chi connectivity index (χ0n) is 18.5. The molecule has 0 saturated heterocycles. The van der Waals surface area contributed by atoms with E-state index in [1.54, 1.807) is 18.2 Å². The topological polar surface area (TPSA) is 120 Å². The van der Waals surface area contributed by atoms with E-state index in [0.29, 0.717) is 21.7 Å². The molecule has 3 aromatic carbocycles. The number of hydrogen-bond donors (Lipinski definition) is 0. The van der Waals surface area contributed by atoms with Crippen LogP contribution in [0, 0.1) is 21.4 Å². The summed E-state index contributed by atoms with van der Waals surface area (Å²) in [5.41, 5.74) is 1.63. The zero-order valence-corrected chi connectivity index (χ0v) is 20.0. The van der Waals surface area contributed by atoms with Gasteiger partial charge in [0.2, 0.25) is 0 Å². The SMILES string of the molecule is C=CCc1cc(/C=C(\C#N)c2ccc([N+](=O)[O-])cc2)cc(OC)c1OS(=O)(=O)c1ccc(Cl)cc1. The summed E-state index contributed by atoms with van der Waals surface area (Å²) in [5.74, 6) is 0.127. The van der Waals surface area contributed by atoms with Crippen LogP contribution < -0.4 is 8.92 Å². The fourth-order valence-electron chi connectivity index (χ4n) is 3.19. The van der Waals surface area contributed by atoms with Gasteiger partial charge in [0.25, 0.3) is 5.69 Å². The van der Waals surface area contributed by atoms with Gasteiger partial charge in [-0.2, -0.15) is 13.7 Å². The lowest BCUT2D eigenvalue weighted by atomic mass is 10.0. The molecule has 0 aliphatic carbocycles. The van der Waals surface area contributed by atoms with E-state index in [1.807, 2.05) is 0 Å². The van der Waals surface area contributed by atoms with Crippen molar-refractivity contribution >= 4 is 39.1 Å². The molecule has 35 heavy (non-hydrogen) atoms. The number of hydrogen-bond acceptors (Lipinski definition) is 7. The highest BCUT2D eigenvalue weighted by Gasteiger charge is 2.22. The van der Waals surface area contributed by atoms with Crippen molar-refractivity contribution in [2.75, 3.05) is 7.11 Å². The van der Waals surface area contributed by atoms with Crippen molar-refractivity contribution in [2.24, 2.45) is 0 Å². The maximum absolute atomic E-state index is 12.9. The third-order valence-corrected chi connectivity index (χ3v) is 6.34. The molecular formula is C25H19ClN2O6S. The first-order valence-corrected chi connectivity index (χ1v) is 11.9. The summed E-state index contributed by atoms with van der Waals surface area (Å²) in [6, 6.07) is 16.4. The first kappa shape index (κ1) is 25.5. The minimum atomic E-state index is -4.19. The van der Waals surface area contributed by atoms with Crippen LogP contribution in [-0.2, 0) is 16.5 Å². The lowest BCUT2D eigenvalue weighted by molar-refractivity contribution is -0.384. The van der Waals surface area contributed by atoms with E-state index >= 15 is 0 Å². The van der Waals surface area contributed by atoms with Crippen LogP contribution in [0.15, 0.2) is 78.2 Å². The number of ether oxygens (including phenoxy) is 1. The Morgan fingerprint density at radius 1 is 1.17 bits per heavy atom. The molecule has 0 radical (unpaired) electrons. The average molecular weight is 511 g/mol. The summed E-state index contributed by atoms with van der Waals surface area (Å²) in [4.78, 5) is 10.3. The number of benzene rings is 3. The summed E-state index contributed by atoms with van der Waals surface area (Å²) >= 11 is 5.85. The van der Waals surface area contributed by atoms with Crippen molar-refractivity contribution in [2.45, 2.75) is 11.3 Å². The second-order valence-corrected chi connectivity index (χ2v) is 9.15. The number of allylic oxidation sites excluding steroid dienone is 2. The van der Waals surface area contributed by atoms with E-state index in [1.165, 1.54) is 61.7 Å². The monoisotopic (exact) mass is 510 g/mol. The van der Waals surface area contributed by atoms with E-state index in [0.717, 1.165) is 0 Å². The quantitative estimate of drug-likeness (QED) is 0.0888. The smallest absolute Gasteiger partial charge is 0.339 e. The fourth-order valence-corrected chi connectivity index (χ4v) is 4.29. The Morgan fingerprint density at radius 2 is 1.83 bits per heavy atom. The van der Waals surface area contributed by atoms with E-state index in [9.17, 15) is 23.8 Å². The summed E-state index contributed by atoms with van der Waals surface area (Å²) in [7, 11) is -2.83. The van der Waals surface area contributed by atoms with E-state index < -0.39 is 15.0 Å². The predicted molar refractivity (Wildman–Crippen MR) is 133 cm³/mol. The largest absolute Gasteiger partial charge is 0.493 e. The molecule has 0 heterocycles. The molecule has 0 aromatic heterocycles. The number of nitrogens with zero attached hydrogens (tertiary/aromatic N) is 2. The van der Waals surface area contributed by atoms with E-state index in [-0.39, 0.29) is 34.1 Å². The van der Waals surface area contributed by atoms with Crippen molar-refractivity contribution in [3.63, 3.8) is 0 Å². The Morgan fingerprint density at radius 3 is 2.37 bits per heavy atom. The van der Waals surface area contributed by atoms with Crippen molar-refractivity contribution in [1.82, 2.24) is 0 Å². The molecule has 0 N–H and O–H groups in total. The van der Waals surface area contributed by atoms with Crippen LogP contribution in [0.3, 0.4) is 0 Å². The normalized spacial score (nSPS) is 11.4. The molecule has 0 aliphatic rings. The molecule has 10 heteroatoms. The minimum Gasteiger partial charge on any atom is -0.493 e. The van der Waals surface area contributed by atoms with Crippen LogP contribution in [-0.4, -0.2) is 20.5 Å². The third kappa shape index (κ3) is 6.06. The Bertz CT molecular complexity index is 1440. The summed E-state index contributed by atoms with van der Waals surface area (Å²) in [6.45, 7) is 3.71. The highest BCUT2D eigenvalue weighted by molar-refractivity contribution is 7.87. The first-order valence-electron chi connectivity index (χ1n) is 10.1. The molecule has 0 unspecified atom stereocenters. The van der Waals surface area contributed by atoms with E-state index in [4.69, 9.17) is 20.5 Å². The van der Waals surface area contributed by atoms with Gasteiger partial charge in [-0.15, -0.1) is 6.58 Å². The van der Waals surface area contributed by atoms with Gasteiger partial charge >= 0.3 is 10.1 Å². The molecule has 8 nitrogen and oxygen atoms in total. The number of nitro groups is 1. The number of non-ortho nitro benzene ring substituents is 1. The first-order chi connectivity index (χ1) is 16.7. The van der Waals surface area contributed by atoms with Gasteiger partial charge in [-0.3, -0.25) is 10.1 Å². The molecule has 0 amide bonds. The van der Waals surface area contributed by atoms with Gasteiger partial charge in [-0.05, 0) is 72.2 Å². The van der Waals surface area contributed by atoms with Crippen molar-refractivity contribution in [3.05, 3.63) is 105 Å². The van der Waals surface area contributed by atoms with Crippen LogP contribution in [0.5, 0.6) is 11.5 Å². The lowest BCUT2D eigenvalue weighted by Crippen LogP contribution is -2.12. The molecule has 0 aliphatic heterocycles. The number of halogens is 1. The number of rotatable bonds is 9. The highest BCUT2D eigenvalue weighted by atomic mass is 35.5. The number of methoxy groups -OCH3 is 1. The number of nitro benzene ring substituents is 1. The van der Waals surface area contributed by atoms with Crippen LogP contribution in [0.25, 0.3) is 11.6 Å². The number of nitriles is 1. The van der Waals surface area contributed by atoms with Crippen molar-refractivity contribution < 1.29 is 22.3 Å². The van der Waals surface area contributed by atoms with Crippen LogP contribution in [0.1, 0.15) is 16.7 Å². The van der Waals surface area contributed by atoms with E-state index in [2.05, 4.69) is 12.6 Å². The second kappa shape index (κ2) is 10.9. The Hall–Kier alpha value is -4.13. The summed E-state index contributed by atoms with van der Waals surface area (Å²) in [5, 5.41) is 20.9. The summed E-state index contributed by atoms with van der Waals surface area (Å²) < 4.78 is 36.6. The Labute approximate surface area is 207 Å². The predicted octanol–water partition coefficient (Wildman–Crippen LogP) is 5.82. The molecule has 0 bridgehead atoms. The lowest BCUT2D eigenvalue weighted by Gasteiger charge is -2.16. The molecule has 3 rings (SSSR count). The van der Waals surface area contributed by atoms with Gasteiger partial charge in [-0.1, -0.05) is 17.7 Å². The molecule has 0 spiro atoms.